The van der Waals surface area contributed by atoms with Gasteiger partial charge in [-0.1, -0.05) is 41.9 Å². The molecule has 16 heavy (non-hydrogen) atoms. The van der Waals surface area contributed by atoms with Gasteiger partial charge in [-0.25, -0.2) is 0 Å². The fourth-order valence-corrected chi connectivity index (χ4v) is 2.89. The normalized spacial score (nSPS) is 12.8. The van der Waals surface area contributed by atoms with Crippen LogP contribution < -0.4 is 0 Å². The van der Waals surface area contributed by atoms with Gasteiger partial charge in [0.15, 0.2) is 0 Å². The molecule has 1 aromatic carbocycles. The van der Waals surface area contributed by atoms with Crippen LogP contribution in [0.4, 0.5) is 0 Å². The molecule has 0 amide bonds. The summed E-state index contributed by atoms with van der Waals surface area (Å²) in [7, 11) is 0. The number of hydrogen-bond donors (Lipinski definition) is 1. The Kier molecular flexibility index (Phi) is 5.35. The van der Waals surface area contributed by atoms with Crippen LogP contribution in [0.15, 0.2) is 28.7 Å². The molecule has 0 saturated heterocycles. The first-order valence-electron chi connectivity index (χ1n) is 5.09. The number of thioether (sulfide) groups is 1. The average Bonchev–Trinajstić information content (AvgIpc) is 2.16. The van der Waals surface area contributed by atoms with Crippen LogP contribution in [0.1, 0.15) is 19.4 Å². The van der Waals surface area contributed by atoms with Crippen LogP contribution in [-0.2, 0) is 10.5 Å². The van der Waals surface area contributed by atoms with E-state index in [0.29, 0.717) is 0 Å². The molecule has 2 nitrogen and oxygen atoms in total. The number of halogens is 1. The van der Waals surface area contributed by atoms with E-state index in [1.165, 1.54) is 11.8 Å². The Morgan fingerprint density at radius 2 is 2.19 bits per heavy atom. The van der Waals surface area contributed by atoms with Crippen molar-refractivity contribution in [1.29, 1.82) is 0 Å². The molecule has 0 saturated carbocycles. The van der Waals surface area contributed by atoms with E-state index in [-0.39, 0.29) is 11.2 Å². The van der Waals surface area contributed by atoms with Gasteiger partial charge < -0.3 is 5.11 Å². The van der Waals surface area contributed by atoms with Crippen LogP contribution in [0.5, 0.6) is 0 Å². The second-order valence-corrected chi connectivity index (χ2v) is 5.99. The lowest BCUT2D eigenvalue weighted by Crippen LogP contribution is -2.22. The summed E-state index contributed by atoms with van der Waals surface area (Å²) in [6, 6.07) is 7.96. The van der Waals surface area contributed by atoms with E-state index in [2.05, 4.69) is 15.9 Å². The van der Waals surface area contributed by atoms with Gasteiger partial charge >= 0.3 is 5.97 Å². The molecule has 0 aliphatic rings. The highest BCUT2D eigenvalue weighted by atomic mass is 79.9. The maximum absolute atomic E-state index is 11.0. The molecule has 4 heteroatoms. The third kappa shape index (κ3) is 4.18. The molecule has 1 atom stereocenters. The van der Waals surface area contributed by atoms with Gasteiger partial charge in [0.25, 0.3) is 0 Å². The molecule has 0 aromatic heterocycles. The van der Waals surface area contributed by atoms with Crippen LogP contribution >= 0.6 is 27.7 Å². The highest BCUT2D eigenvalue weighted by molar-refractivity contribution is 9.10. The molecular weight excluding hydrogens is 288 g/mol. The maximum atomic E-state index is 11.0. The summed E-state index contributed by atoms with van der Waals surface area (Å²) in [6.45, 7) is 3.87. The van der Waals surface area contributed by atoms with Crippen molar-refractivity contribution in [3.05, 3.63) is 34.3 Å². The smallest absolute Gasteiger partial charge is 0.316 e. The van der Waals surface area contributed by atoms with Gasteiger partial charge in [-0.3, -0.25) is 4.79 Å². The number of carbonyl (C=O) groups is 1. The van der Waals surface area contributed by atoms with E-state index < -0.39 is 5.97 Å². The fourth-order valence-electron chi connectivity index (χ4n) is 1.36. The predicted octanol–water partition coefficient (Wildman–Crippen LogP) is 3.79. The topological polar surface area (TPSA) is 37.3 Å². The highest BCUT2D eigenvalue weighted by Gasteiger charge is 2.21. The summed E-state index contributed by atoms with van der Waals surface area (Å²) in [5.41, 5.74) is 1.14. The second kappa shape index (κ2) is 6.30. The van der Waals surface area contributed by atoms with Crippen LogP contribution in [0.25, 0.3) is 0 Å². The lowest BCUT2D eigenvalue weighted by atomic mass is 10.1. The molecule has 0 aliphatic carbocycles. The molecule has 88 valence electrons. The van der Waals surface area contributed by atoms with Crippen molar-refractivity contribution in [2.24, 2.45) is 5.92 Å². The summed E-state index contributed by atoms with van der Waals surface area (Å²) in [4.78, 5) is 11.0. The van der Waals surface area contributed by atoms with Gasteiger partial charge in [0, 0.05) is 10.2 Å². The molecule has 1 rings (SSSR count). The summed E-state index contributed by atoms with van der Waals surface area (Å²) >= 11 is 4.88. The van der Waals surface area contributed by atoms with Crippen molar-refractivity contribution < 1.29 is 9.90 Å². The van der Waals surface area contributed by atoms with Crippen LogP contribution in [0.3, 0.4) is 0 Å². The SMILES string of the molecule is CC(C)C(SCc1cccc(Br)c1)C(=O)O. The van der Waals surface area contributed by atoms with Gasteiger partial charge in [-0.05, 0) is 23.6 Å². The molecule has 1 N–H and O–H groups in total. The first-order valence-corrected chi connectivity index (χ1v) is 6.93. The number of benzene rings is 1. The molecule has 0 spiro atoms. The van der Waals surface area contributed by atoms with Gasteiger partial charge in [0.05, 0.1) is 0 Å². The monoisotopic (exact) mass is 302 g/mol. The van der Waals surface area contributed by atoms with Crippen molar-refractivity contribution in [2.75, 3.05) is 0 Å². The Hall–Kier alpha value is -0.480. The maximum Gasteiger partial charge on any atom is 0.316 e. The van der Waals surface area contributed by atoms with E-state index in [1.807, 2.05) is 38.1 Å². The minimum Gasteiger partial charge on any atom is -0.480 e. The number of aliphatic carboxylic acids is 1. The van der Waals surface area contributed by atoms with Crippen molar-refractivity contribution in [2.45, 2.75) is 24.9 Å². The quantitative estimate of drug-likeness (QED) is 0.899. The van der Waals surface area contributed by atoms with Crippen molar-refractivity contribution >= 4 is 33.7 Å². The van der Waals surface area contributed by atoms with E-state index in [9.17, 15) is 4.79 Å². The Labute approximate surface area is 109 Å². The lowest BCUT2D eigenvalue weighted by Gasteiger charge is -2.15. The number of carboxylic acids is 1. The summed E-state index contributed by atoms with van der Waals surface area (Å²) in [5, 5.41) is 8.71. The predicted molar refractivity (Wildman–Crippen MR) is 71.7 cm³/mol. The molecule has 0 heterocycles. The van der Waals surface area contributed by atoms with Gasteiger partial charge in [-0.15, -0.1) is 11.8 Å². The Morgan fingerprint density at radius 1 is 1.50 bits per heavy atom. The average molecular weight is 303 g/mol. The first kappa shape index (κ1) is 13.6. The third-order valence-corrected chi connectivity index (χ3v) is 4.27. The second-order valence-electron chi connectivity index (χ2n) is 3.94. The largest absolute Gasteiger partial charge is 0.480 e. The van der Waals surface area contributed by atoms with E-state index in [4.69, 9.17) is 5.11 Å². The molecule has 0 bridgehead atoms. The highest BCUT2D eigenvalue weighted by Crippen LogP contribution is 2.25. The van der Waals surface area contributed by atoms with Gasteiger partial charge in [0.2, 0.25) is 0 Å². The molecular formula is C12H15BrO2S. The Bertz CT molecular complexity index is 366. The fraction of sp³-hybridized carbons (Fsp3) is 0.417. The lowest BCUT2D eigenvalue weighted by molar-refractivity contribution is -0.137. The standard InChI is InChI=1S/C12H15BrO2S/c1-8(2)11(12(14)15)16-7-9-4-3-5-10(13)6-9/h3-6,8,11H,7H2,1-2H3,(H,14,15). The zero-order chi connectivity index (χ0) is 12.1. The van der Waals surface area contributed by atoms with Gasteiger partial charge in [-0.2, -0.15) is 0 Å². The van der Waals surface area contributed by atoms with Crippen molar-refractivity contribution in [3.63, 3.8) is 0 Å². The molecule has 0 fully saturated rings. The van der Waals surface area contributed by atoms with Crippen LogP contribution in [-0.4, -0.2) is 16.3 Å². The molecule has 1 aromatic rings. The van der Waals surface area contributed by atoms with E-state index in [1.54, 1.807) is 0 Å². The summed E-state index contributed by atoms with van der Waals surface area (Å²) in [5.74, 6) is 0.152. The van der Waals surface area contributed by atoms with E-state index >= 15 is 0 Å². The van der Waals surface area contributed by atoms with Crippen LogP contribution in [0, 0.1) is 5.92 Å². The first-order chi connectivity index (χ1) is 7.50. The molecule has 0 radical (unpaired) electrons. The van der Waals surface area contributed by atoms with Crippen LogP contribution in [0.2, 0.25) is 0 Å². The molecule has 1 unspecified atom stereocenters. The van der Waals surface area contributed by atoms with E-state index in [0.717, 1.165) is 15.8 Å². The van der Waals surface area contributed by atoms with Gasteiger partial charge in [0.1, 0.15) is 5.25 Å². The molecule has 0 aliphatic heterocycles. The minimum atomic E-state index is -0.727. The zero-order valence-corrected chi connectivity index (χ0v) is 11.7. The number of hydrogen-bond acceptors (Lipinski definition) is 2. The summed E-state index contributed by atoms with van der Waals surface area (Å²) in [6.07, 6.45) is 0. The zero-order valence-electron chi connectivity index (χ0n) is 9.31. The van der Waals surface area contributed by atoms with Crippen molar-refractivity contribution in [3.8, 4) is 0 Å². The Morgan fingerprint density at radius 3 is 2.69 bits per heavy atom. The summed E-state index contributed by atoms with van der Waals surface area (Å²) < 4.78 is 1.03. The third-order valence-electron chi connectivity index (χ3n) is 2.17. The number of rotatable bonds is 5. The van der Waals surface area contributed by atoms with Crippen molar-refractivity contribution in [1.82, 2.24) is 0 Å². The number of carboxylic acid groups (broad SMARTS) is 1. The Balaban J connectivity index is 2.59. The minimum absolute atomic E-state index is 0.148.